The van der Waals surface area contributed by atoms with Crippen molar-refractivity contribution >= 4 is 24.2 Å². The minimum atomic E-state index is -0.485. The summed E-state index contributed by atoms with van der Waals surface area (Å²) in [6.07, 6.45) is 2.10. The zero-order valence-electron chi connectivity index (χ0n) is 19.0. The lowest BCUT2D eigenvalue weighted by Crippen LogP contribution is -2.51. The summed E-state index contributed by atoms with van der Waals surface area (Å²) >= 11 is 0. The fourth-order valence-corrected chi connectivity index (χ4v) is 4.49. The molecular weight excluding hydrogens is 398 g/mol. The Hall–Kier alpha value is -1.59. The number of benzene rings is 1. The van der Waals surface area contributed by atoms with E-state index < -0.39 is 6.04 Å². The molecule has 1 aromatic carbocycles. The van der Waals surface area contributed by atoms with E-state index in [0.717, 1.165) is 39.0 Å². The van der Waals surface area contributed by atoms with Crippen LogP contribution in [0.15, 0.2) is 24.3 Å². The molecule has 2 amide bonds. The second-order valence-corrected chi connectivity index (χ2v) is 10.1. The number of carbonyl (C=O) groups is 2. The number of hydrogen-bond donors (Lipinski definition) is 2. The van der Waals surface area contributed by atoms with Gasteiger partial charge in [-0.1, -0.05) is 46.8 Å². The van der Waals surface area contributed by atoms with E-state index in [2.05, 4.69) is 31.4 Å². The summed E-state index contributed by atoms with van der Waals surface area (Å²) < 4.78 is 0. The Kier molecular flexibility index (Phi) is 8.35. The first-order valence-electron chi connectivity index (χ1n) is 11.1. The third-order valence-electron chi connectivity index (χ3n) is 6.56. The van der Waals surface area contributed by atoms with Gasteiger partial charge in [-0.15, -0.1) is 12.4 Å². The van der Waals surface area contributed by atoms with Crippen molar-refractivity contribution in [3.63, 3.8) is 0 Å². The standard InChI is InChI=1S/C24H37N3O2.ClH/c1-16(2)21(23(29)27-12-10-18-14-25-15-19(18)11-13-27)26-22(28)17-6-8-20(9-7-17)24(3,4)5;/h6-9,16,18-19,21,25H,10-15H2,1-5H3,(H,26,28);1H/t18-,19+,21?;. The van der Waals surface area contributed by atoms with Gasteiger partial charge in [-0.2, -0.15) is 0 Å². The second kappa shape index (κ2) is 10.1. The molecule has 5 nitrogen and oxygen atoms in total. The van der Waals surface area contributed by atoms with Crippen LogP contribution < -0.4 is 10.6 Å². The first kappa shape index (κ1) is 24.7. The fourth-order valence-electron chi connectivity index (χ4n) is 4.49. The second-order valence-electron chi connectivity index (χ2n) is 10.1. The molecule has 3 rings (SSSR count). The third-order valence-corrected chi connectivity index (χ3v) is 6.56. The maximum Gasteiger partial charge on any atom is 0.251 e. The third kappa shape index (κ3) is 5.76. The van der Waals surface area contributed by atoms with E-state index in [1.54, 1.807) is 0 Å². The molecule has 0 aromatic heterocycles. The van der Waals surface area contributed by atoms with E-state index in [1.807, 2.05) is 43.0 Å². The zero-order valence-corrected chi connectivity index (χ0v) is 19.8. The summed E-state index contributed by atoms with van der Waals surface area (Å²) in [5.74, 6) is 1.30. The number of amides is 2. The summed E-state index contributed by atoms with van der Waals surface area (Å²) in [6.45, 7) is 14.2. The predicted octanol–water partition coefficient (Wildman–Crippen LogP) is 3.62. The van der Waals surface area contributed by atoms with Gasteiger partial charge in [0.2, 0.25) is 5.91 Å². The van der Waals surface area contributed by atoms with Crippen molar-refractivity contribution in [1.29, 1.82) is 0 Å². The molecule has 2 saturated heterocycles. The quantitative estimate of drug-likeness (QED) is 0.759. The molecule has 0 spiro atoms. The van der Waals surface area contributed by atoms with Crippen molar-refractivity contribution in [2.24, 2.45) is 17.8 Å². The molecule has 0 aliphatic carbocycles. The Morgan fingerprint density at radius 3 is 2.03 bits per heavy atom. The molecule has 2 N–H and O–H groups in total. The lowest BCUT2D eigenvalue weighted by Gasteiger charge is -2.29. The van der Waals surface area contributed by atoms with Gasteiger partial charge in [0.05, 0.1) is 0 Å². The number of halogens is 1. The van der Waals surface area contributed by atoms with E-state index in [9.17, 15) is 9.59 Å². The zero-order chi connectivity index (χ0) is 21.2. The topological polar surface area (TPSA) is 61.4 Å². The molecule has 0 bridgehead atoms. The van der Waals surface area contributed by atoms with Crippen LogP contribution in [0.25, 0.3) is 0 Å². The van der Waals surface area contributed by atoms with Gasteiger partial charge in [0.25, 0.3) is 5.91 Å². The maximum absolute atomic E-state index is 13.3. The van der Waals surface area contributed by atoms with Gasteiger partial charge in [0.1, 0.15) is 6.04 Å². The minimum absolute atomic E-state index is 0. The highest BCUT2D eigenvalue weighted by atomic mass is 35.5. The van der Waals surface area contributed by atoms with Crippen LogP contribution in [0.3, 0.4) is 0 Å². The maximum atomic E-state index is 13.3. The number of hydrogen-bond acceptors (Lipinski definition) is 3. The van der Waals surface area contributed by atoms with E-state index >= 15 is 0 Å². The molecule has 168 valence electrons. The molecule has 2 aliphatic rings. The molecular formula is C24H38ClN3O2. The molecule has 1 unspecified atom stereocenters. The predicted molar refractivity (Wildman–Crippen MR) is 124 cm³/mol. The highest BCUT2D eigenvalue weighted by molar-refractivity contribution is 5.97. The summed E-state index contributed by atoms with van der Waals surface area (Å²) in [4.78, 5) is 28.1. The van der Waals surface area contributed by atoms with E-state index in [4.69, 9.17) is 0 Å². The van der Waals surface area contributed by atoms with Crippen molar-refractivity contribution in [3.05, 3.63) is 35.4 Å². The number of likely N-dealkylation sites (tertiary alicyclic amines) is 1. The molecule has 2 heterocycles. The van der Waals surface area contributed by atoms with Crippen molar-refractivity contribution in [2.45, 2.75) is 58.9 Å². The van der Waals surface area contributed by atoms with Crippen LogP contribution in [0, 0.1) is 17.8 Å². The van der Waals surface area contributed by atoms with E-state index in [0.29, 0.717) is 17.4 Å². The van der Waals surface area contributed by atoms with Gasteiger partial charge in [0, 0.05) is 18.7 Å². The minimum Gasteiger partial charge on any atom is -0.341 e. The van der Waals surface area contributed by atoms with Gasteiger partial charge in [-0.25, -0.2) is 0 Å². The number of fused-ring (bicyclic) bond motifs is 1. The lowest BCUT2D eigenvalue weighted by molar-refractivity contribution is -0.134. The molecule has 2 aliphatic heterocycles. The van der Waals surface area contributed by atoms with Crippen LogP contribution in [0.2, 0.25) is 0 Å². The number of rotatable bonds is 4. The molecule has 3 atom stereocenters. The van der Waals surface area contributed by atoms with Crippen LogP contribution >= 0.6 is 12.4 Å². The Balaban J connectivity index is 0.00000320. The van der Waals surface area contributed by atoms with Gasteiger partial charge in [-0.3, -0.25) is 9.59 Å². The number of nitrogens with zero attached hydrogens (tertiary/aromatic N) is 1. The highest BCUT2D eigenvalue weighted by Gasteiger charge is 2.34. The summed E-state index contributed by atoms with van der Waals surface area (Å²) in [6, 6.07) is 7.24. The van der Waals surface area contributed by atoms with Crippen molar-refractivity contribution in [1.82, 2.24) is 15.5 Å². The average molecular weight is 436 g/mol. The lowest BCUT2D eigenvalue weighted by atomic mass is 9.86. The van der Waals surface area contributed by atoms with Gasteiger partial charge in [0.15, 0.2) is 0 Å². The van der Waals surface area contributed by atoms with Crippen LogP contribution in [-0.4, -0.2) is 48.9 Å². The smallest absolute Gasteiger partial charge is 0.251 e. The first-order chi connectivity index (χ1) is 13.7. The van der Waals surface area contributed by atoms with E-state index in [1.165, 1.54) is 5.56 Å². The van der Waals surface area contributed by atoms with Crippen molar-refractivity contribution in [2.75, 3.05) is 26.2 Å². The van der Waals surface area contributed by atoms with Gasteiger partial charge >= 0.3 is 0 Å². The molecule has 6 heteroatoms. The highest BCUT2D eigenvalue weighted by Crippen LogP contribution is 2.28. The SMILES string of the molecule is CC(C)C(NC(=O)c1ccc(C(C)(C)C)cc1)C(=O)N1CC[C@@H]2CNC[C@@H]2CC1.Cl. The normalized spacial score (nSPS) is 22.7. The fraction of sp³-hybridized carbons (Fsp3) is 0.667. The van der Waals surface area contributed by atoms with Crippen molar-refractivity contribution < 1.29 is 9.59 Å². The monoisotopic (exact) mass is 435 g/mol. The molecule has 2 fully saturated rings. The Morgan fingerprint density at radius 2 is 1.57 bits per heavy atom. The van der Waals surface area contributed by atoms with Gasteiger partial charge < -0.3 is 15.5 Å². The average Bonchev–Trinajstić information content (AvgIpc) is 3.03. The van der Waals surface area contributed by atoms with Crippen LogP contribution in [-0.2, 0) is 10.2 Å². The first-order valence-corrected chi connectivity index (χ1v) is 11.1. The molecule has 30 heavy (non-hydrogen) atoms. The summed E-state index contributed by atoms with van der Waals surface area (Å²) in [5, 5.41) is 6.49. The van der Waals surface area contributed by atoms with Crippen LogP contribution in [0.4, 0.5) is 0 Å². The summed E-state index contributed by atoms with van der Waals surface area (Å²) in [5.41, 5.74) is 1.84. The van der Waals surface area contributed by atoms with Gasteiger partial charge in [-0.05, 0) is 66.8 Å². The van der Waals surface area contributed by atoms with Crippen LogP contribution in [0.5, 0.6) is 0 Å². The summed E-state index contributed by atoms with van der Waals surface area (Å²) in [7, 11) is 0. The Morgan fingerprint density at radius 1 is 1.03 bits per heavy atom. The largest absolute Gasteiger partial charge is 0.341 e. The molecule has 0 radical (unpaired) electrons. The number of carbonyl (C=O) groups excluding carboxylic acids is 2. The molecule has 1 aromatic rings. The number of nitrogens with one attached hydrogen (secondary N) is 2. The van der Waals surface area contributed by atoms with E-state index in [-0.39, 0.29) is 35.6 Å². The van der Waals surface area contributed by atoms with Crippen molar-refractivity contribution in [3.8, 4) is 0 Å². The Labute approximate surface area is 187 Å². The Bertz CT molecular complexity index is 713. The molecule has 0 saturated carbocycles. The van der Waals surface area contributed by atoms with Crippen LogP contribution in [0.1, 0.15) is 63.4 Å².